The Labute approximate surface area is 132 Å². The molecule has 1 aromatic heterocycles. The van der Waals surface area contributed by atoms with Crippen LogP contribution >= 0.6 is 0 Å². The van der Waals surface area contributed by atoms with E-state index in [1.165, 1.54) is 0 Å². The van der Waals surface area contributed by atoms with Gasteiger partial charge < -0.3 is 4.90 Å². The second kappa shape index (κ2) is 6.77. The zero-order valence-electron chi connectivity index (χ0n) is 14.2. The molecule has 4 nitrogen and oxygen atoms in total. The Bertz CT molecular complexity index is 673. The quantitative estimate of drug-likeness (QED) is 0.847. The molecule has 2 aromatic rings. The third-order valence-corrected chi connectivity index (χ3v) is 4.22. The minimum absolute atomic E-state index is 0.0867. The summed E-state index contributed by atoms with van der Waals surface area (Å²) in [5.41, 5.74) is 5.11. The SMILES string of the molecule is CCN(Cc1c(C)nn(CC)c1C)C(=O)c1ccccc1C. The highest BCUT2D eigenvalue weighted by Crippen LogP contribution is 2.18. The molecule has 0 aliphatic heterocycles. The van der Waals surface area contributed by atoms with Crippen molar-refractivity contribution in [3.8, 4) is 0 Å². The molecular formula is C18H25N3O. The van der Waals surface area contributed by atoms with Gasteiger partial charge in [0.2, 0.25) is 0 Å². The Morgan fingerprint density at radius 2 is 1.86 bits per heavy atom. The first kappa shape index (κ1) is 16.3. The molecule has 0 bridgehead atoms. The summed E-state index contributed by atoms with van der Waals surface area (Å²) in [6.07, 6.45) is 0. The van der Waals surface area contributed by atoms with Gasteiger partial charge in [0.15, 0.2) is 0 Å². The zero-order valence-corrected chi connectivity index (χ0v) is 14.2. The third-order valence-electron chi connectivity index (χ3n) is 4.22. The van der Waals surface area contributed by atoms with Crippen molar-refractivity contribution in [1.29, 1.82) is 0 Å². The van der Waals surface area contributed by atoms with Crippen molar-refractivity contribution in [3.63, 3.8) is 0 Å². The van der Waals surface area contributed by atoms with Crippen molar-refractivity contribution in [3.05, 3.63) is 52.3 Å². The van der Waals surface area contributed by atoms with E-state index in [1.807, 2.05) is 54.6 Å². The number of aryl methyl sites for hydroxylation is 3. The Hall–Kier alpha value is -2.10. The lowest BCUT2D eigenvalue weighted by Crippen LogP contribution is -2.31. The van der Waals surface area contributed by atoms with Gasteiger partial charge in [-0.25, -0.2) is 0 Å². The van der Waals surface area contributed by atoms with Gasteiger partial charge in [0.05, 0.1) is 5.69 Å². The van der Waals surface area contributed by atoms with Crippen molar-refractivity contribution in [2.45, 2.75) is 47.7 Å². The van der Waals surface area contributed by atoms with Crippen LogP contribution in [0.4, 0.5) is 0 Å². The Morgan fingerprint density at radius 1 is 1.18 bits per heavy atom. The summed E-state index contributed by atoms with van der Waals surface area (Å²) in [6, 6.07) is 7.75. The molecule has 1 amide bonds. The summed E-state index contributed by atoms with van der Waals surface area (Å²) in [5, 5.41) is 4.54. The summed E-state index contributed by atoms with van der Waals surface area (Å²) in [4.78, 5) is 14.7. The van der Waals surface area contributed by atoms with Gasteiger partial charge in [-0.1, -0.05) is 18.2 Å². The molecule has 1 aromatic carbocycles. The molecular weight excluding hydrogens is 274 g/mol. The van der Waals surface area contributed by atoms with E-state index < -0.39 is 0 Å². The summed E-state index contributed by atoms with van der Waals surface area (Å²) >= 11 is 0. The van der Waals surface area contributed by atoms with Crippen molar-refractivity contribution in [2.75, 3.05) is 6.54 Å². The minimum Gasteiger partial charge on any atom is -0.334 e. The van der Waals surface area contributed by atoms with Crippen LogP contribution in [0.5, 0.6) is 0 Å². The Kier molecular flexibility index (Phi) is 5.01. The zero-order chi connectivity index (χ0) is 16.3. The number of benzene rings is 1. The van der Waals surface area contributed by atoms with E-state index in [0.29, 0.717) is 13.1 Å². The number of nitrogens with zero attached hydrogens (tertiary/aromatic N) is 3. The standard InChI is InChI=1S/C18H25N3O/c1-6-20(18(22)16-11-9-8-10-13(16)3)12-17-14(4)19-21(7-2)15(17)5/h8-11H,6-7,12H2,1-5H3. The molecule has 0 fully saturated rings. The fourth-order valence-corrected chi connectivity index (χ4v) is 2.77. The number of amides is 1. The van der Waals surface area contributed by atoms with Crippen LogP contribution in [0, 0.1) is 20.8 Å². The molecule has 0 saturated carbocycles. The van der Waals surface area contributed by atoms with Crippen molar-refractivity contribution in [2.24, 2.45) is 0 Å². The predicted octanol–water partition coefficient (Wildman–Crippen LogP) is 3.49. The number of carbonyl (C=O) groups is 1. The fraction of sp³-hybridized carbons (Fsp3) is 0.444. The van der Waals surface area contributed by atoms with Crippen LogP contribution in [0.15, 0.2) is 24.3 Å². The first-order chi connectivity index (χ1) is 10.5. The summed E-state index contributed by atoms with van der Waals surface area (Å²) in [7, 11) is 0. The van der Waals surface area contributed by atoms with E-state index in [-0.39, 0.29) is 5.91 Å². The van der Waals surface area contributed by atoms with E-state index in [4.69, 9.17) is 0 Å². The third kappa shape index (κ3) is 3.06. The second-order valence-electron chi connectivity index (χ2n) is 5.60. The van der Waals surface area contributed by atoms with E-state index >= 15 is 0 Å². The van der Waals surface area contributed by atoms with E-state index in [0.717, 1.165) is 34.6 Å². The summed E-state index contributed by atoms with van der Waals surface area (Å²) < 4.78 is 2.00. The van der Waals surface area contributed by atoms with Gasteiger partial charge in [0.1, 0.15) is 0 Å². The number of aromatic nitrogens is 2. The smallest absolute Gasteiger partial charge is 0.254 e. The molecule has 0 radical (unpaired) electrons. The summed E-state index contributed by atoms with van der Waals surface area (Å²) in [6.45, 7) is 12.3. The lowest BCUT2D eigenvalue weighted by atomic mass is 10.1. The lowest BCUT2D eigenvalue weighted by Gasteiger charge is -2.22. The molecule has 1 heterocycles. The first-order valence-corrected chi connectivity index (χ1v) is 7.87. The fourth-order valence-electron chi connectivity index (χ4n) is 2.77. The van der Waals surface area contributed by atoms with Crippen molar-refractivity contribution < 1.29 is 4.79 Å². The highest BCUT2D eigenvalue weighted by Gasteiger charge is 2.19. The van der Waals surface area contributed by atoms with E-state index in [2.05, 4.69) is 18.9 Å². The number of hydrogen-bond donors (Lipinski definition) is 0. The van der Waals surface area contributed by atoms with Crippen molar-refractivity contribution in [1.82, 2.24) is 14.7 Å². The molecule has 0 saturated heterocycles. The molecule has 0 unspecified atom stereocenters. The van der Waals surface area contributed by atoms with Gasteiger partial charge in [0.25, 0.3) is 5.91 Å². The van der Waals surface area contributed by atoms with E-state index in [1.54, 1.807) is 0 Å². The molecule has 2 rings (SSSR count). The van der Waals surface area contributed by atoms with Gasteiger partial charge in [-0.15, -0.1) is 0 Å². The van der Waals surface area contributed by atoms with Crippen LogP contribution < -0.4 is 0 Å². The van der Waals surface area contributed by atoms with Gasteiger partial charge in [-0.2, -0.15) is 5.10 Å². The molecule has 0 aliphatic rings. The van der Waals surface area contributed by atoms with Gasteiger partial charge in [-0.3, -0.25) is 9.48 Å². The average molecular weight is 299 g/mol. The van der Waals surface area contributed by atoms with Crippen molar-refractivity contribution >= 4 is 5.91 Å². The predicted molar refractivity (Wildman–Crippen MR) is 89.0 cm³/mol. The Morgan fingerprint density at radius 3 is 2.41 bits per heavy atom. The van der Waals surface area contributed by atoms with Gasteiger partial charge >= 0.3 is 0 Å². The number of hydrogen-bond acceptors (Lipinski definition) is 2. The molecule has 0 atom stereocenters. The maximum absolute atomic E-state index is 12.8. The van der Waals surface area contributed by atoms with Crippen LogP contribution in [0.3, 0.4) is 0 Å². The molecule has 0 spiro atoms. The largest absolute Gasteiger partial charge is 0.334 e. The maximum atomic E-state index is 12.8. The Balaban J connectivity index is 2.28. The second-order valence-corrected chi connectivity index (χ2v) is 5.60. The van der Waals surface area contributed by atoms with Crippen LogP contribution in [-0.4, -0.2) is 27.1 Å². The van der Waals surface area contributed by atoms with Gasteiger partial charge in [0, 0.05) is 36.5 Å². The number of rotatable bonds is 5. The molecule has 22 heavy (non-hydrogen) atoms. The van der Waals surface area contributed by atoms with Crippen LogP contribution in [0.1, 0.15) is 46.7 Å². The first-order valence-electron chi connectivity index (χ1n) is 7.87. The van der Waals surface area contributed by atoms with E-state index in [9.17, 15) is 4.79 Å². The highest BCUT2D eigenvalue weighted by molar-refractivity contribution is 5.95. The summed E-state index contributed by atoms with van der Waals surface area (Å²) in [5.74, 6) is 0.0867. The number of carbonyl (C=O) groups excluding carboxylic acids is 1. The van der Waals surface area contributed by atoms with Gasteiger partial charge in [-0.05, 0) is 46.2 Å². The van der Waals surface area contributed by atoms with Crippen LogP contribution in [-0.2, 0) is 13.1 Å². The molecule has 0 N–H and O–H groups in total. The average Bonchev–Trinajstić information content (AvgIpc) is 2.79. The maximum Gasteiger partial charge on any atom is 0.254 e. The highest BCUT2D eigenvalue weighted by atomic mass is 16.2. The molecule has 118 valence electrons. The molecule has 0 aliphatic carbocycles. The normalized spacial score (nSPS) is 10.8. The minimum atomic E-state index is 0.0867. The molecule has 4 heteroatoms. The van der Waals surface area contributed by atoms with Crippen LogP contribution in [0.2, 0.25) is 0 Å². The monoisotopic (exact) mass is 299 g/mol. The topological polar surface area (TPSA) is 38.1 Å². The lowest BCUT2D eigenvalue weighted by molar-refractivity contribution is 0.0751. The van der Waals surface area contributed by atoms with Crippen LogP contribution in [0.25, 0.3) is 0 Å².